The standard InChI is InChI=1S/C8H17NO5S/c10-3-4(11)5(12)6(13)7(14)8-9-1-2-15-8/h4-14H,1-3H2/t4-,5-,6+,7+,8-/m0/s1. The first-order chi connectivity index (χ1) is 7.07. The number of hydrogen-bond donors (Lipinski definition) is 6. The SMILES string of the molecule is OC[C@H](O)[C@H](O)[C@@H](O)[C@@H](O)[C@H]1NCCS1. The Kier molecular flexibility index (Phi) is 5.27. The largest absolute Gasteiger partial charge is 0.394 e. The molecule has 1 rings (SSSR count). The molecule has 1 heterocycles. The zero-order valence-corrected chi connectivity index (χ0v) is 8.97. The van der Waals surface area contributed by atoms with Crippen LogP contribution in [0, 0.1) is 0 Å². The van der Waals surface area contributed by atoms with E-state index in [1.807, 2.05) is 0 Å². The lowest BCUT2D eigenvalue weighted by molar-refractivity contribution is -0.115. The molecule has 90 valence electrons. The van der Waals surface area contributed by atoms with Crippen LogP contribution >= 0.6 is 11.8 Å². The van der Waals surface area contributed by atoms with Gasteiger partial charge in [-0.25, -0.2) is 0 Å². The second-order valence-corrected chi connectivity index (χ2v) is 4.72. The van der Waals surface area contributed by atoms with E-state index >= 15 is 0 Å². The van der Waals surface area contributed by atoms with Crippen LogP contribution in [-0.2, 0) is 0 Å². The van der Waals surface area contributed by atoms with Crippen LogP contribution in [0.4, 0.5) is 0 Å². The smallest absolute Gasteiger partial charge is 0.111 e. The molecule has 0 spiro atoms. The summed E-state index contributed by atoms with van der Waals surface area (Å²) < 4.78 is 0. The maximum Gasteiger partial charge on any atom is 0.111 e. The molecule has 0 aromatic heterocycles. The van der Waals surface area contributed by atoms with E-state index in [2.05, 4.69) is 5.32 Å². The quantitative estimate of drug-likeness (QED) is 0.305. The Labute approximate surface area is 91.9 Å². The minimum Gasteiger partial charge on any atom is -0.394 e. The summed E-state index contributed by atoms with van der Waals surface area (Å²) in [7, 11) is 0. The first kappa shape index (κ1) is 13.2. The molecular formula is C8H17NO5S. The molecule has 1 aliphatic rings. The van der Waals surface area contributed by atoms with Gasteiger partial charge < -0.3 is 30.8 Å². The highest BCUT2D eigenvalue weighted by atomic mass is 32.2. The minimum atomic E-state index is -1.55. The van der Waals surface area contributed by atoms with Gasteiger partial charge in [0.25, 0.3) is 0 Å². The van der Waals surface area contributed by atoms with Crippen molar-refractivity contribution in [1.82, 2.24) is 5.32 Å². The number of aliphatic hydroxyl groups excluding tert-OH is 5. The fourth-order valence-corrected chi connectivity index (χ4v) is 2.47. The third kappa shape index (κ3) is 3.28. The van der Waals surface area contributed by atoms with Crippen LogP contribution in [0.2, 0.25) is 0 Å². The summed E-state index contributed by atoms with van der Waals surface area (Å²) in [5.41, 5.74) is 0. The molecule has 0 radical (unpaired) electrons. The lowest BCUT2D eigenvalue weighted by Gasteiger charge is -2.28. The van der Waals surface area contributed by atoms with E-state index in [1.54, 1.807) is 0 Å². The molecule has 1 aliphatic heterocycles. The fourth-order valence-electron chi connectivity index (χ4n) is 1.38. The molecule has 0 amide bonds. The van der Waals surface area contributed by atoms with Crippen LogP contribution in [0.1, 0.15) is 0 Å². The molecular weight excluding hydrogens is 222 g/mol. The predicted octanol–water partition coefficient (Wildman–Crippen LogP) is -2.92. The third-order valence-electron chi connectivity index (χ3n) is 2.34. The molecule has 1 saturated heterocycles. The average molecular weight is 239 g/mol. The zero-order valence-electron chi connectivity index (χ0n) is 8.15. The average Bonchev–Trinajstić information content (AvgIpc) is 2.78. The third-order valence-corrected chi connectivity index (χ3v) is 3.58. The van der Waals surface area contributed by atoms with Crippen molar-refractivity contribution < 1.29 is 25.5 Å². The van der Waals surface area contributed by atoms with E-state index in [9.17, 15) is 15.3 Å². The van der Waals surface area contributed by atoms with Crippen molar-refractivity contribution in [3.05, 3.63) is 0 Å². The molecule has 0 saturated carbocycles. The van der Waals surface area contributed by atoms with Gasteiger partial charge in [0.05, 0.1) is 12.0 Å². The molecule has 6 N–H and O–H groups in total. The molecule has 0 unspecified atom stereocenters. The van der Waals surface area contributed by atoms with Crippen molar-refractivity contribution in [1.29, 1.82) is 0 Å². The van der Waals surface area contributed by atoms with E-state index in [1.165, 1.54) is 11.8 Å². The van der Waals surface area contributed by atoms with Crippen LogP contribution in [0.5, 0.6) is 0 Å². The highest BCUT2D eigenvalue weighted by molar-refractivity contribution is 8.00. The van der Waals surface area contributed by atoms with Crippen molar-refractivity contribution in [2.24, 2.45) is 0 Å². The monoisotopic (exact) mass is 239 g/mol. The lowest BCUT2D eigenvalue weighted by atomic mass is 10.0. The van der Waals surface area contributed by atoms with Gasteiger partial charge in [0.2, 0.25) is 0 Å². The normalized spacial score (nSPS) is 29.8. The first-order valence-corrected chi connectivity index (χ1v) is 5.81. The molecule has 0 aliphatic carbocycles. The Morgan fingerprint density at radius 3 is 2.33 bits per heavy atom. The van der Waals surface area contributed by atoms with Crippen molar-refractivity contribution >= 4 is 11.8 Å². The van der Waals surface area contributed by atoms with Gasteiger partial charge in [0.15, 0.2) is 0 Å². The highest BCUT2D eigenvalue weighted by Crippen LogP contribution is 2.20. The molecule has 0 aromatic carbocycles. The maximum atomic E-state index is 9.65. The number of aliphatic hydroxyl groups is 5. The summed E-state index contributed by atoms with van der Waals surface area (Å²) in [5.74, 6) is 0.826. The summed E-state index contributed by atoms with van der Waals surface area (Å²) >= 11 is 1.44. The van der Waals surface area contributed by atoms with Crippen LogP contribution in [0.15, 0.2) is 0 Å². The van der Waals surface area contributed by atoms with Gasteiger partial charge in [-0.15, -0.1) is 11.8 Å². The van der Waals surface area contributed by atoms with Crippen LogP contribution in [0.3, 0.4) is 0 Å². The second-order valence-electron chi connectivity index (χ2n) is 3.47. The van der Waals surface area contributed by atoms with Gasteiger partial charge in [0, 0.05) is 12.3 Å². The van der Waals surface area contributed by atoms with Crippen LogP contribution in [0.25, 0.3) is 0 Å². The fraction of sp³-hybridized carbons (Fsp3) is 1.00. The van der Waals surface area contributed by atoms with Crippen molar-refractivity contribution in [3.8, 4) is 0 Å². The highest BCUT2D eigenvalue weighted by Gasteiger charge is 2.35. The maximum absolute atomic E-state index is 9.65. The number of thioether (sulfide) groups is 1. The van der Waals surface area contributed by atoms with E-state index in [0.717, 1.165) is 12.3 Å². The first-order valence-electron chi connectivity index (χ1n) is 4.76. The zero-order chi connectivity index (χ0) is 11.4. The topological polar surface area (TPSA) is 113 Å². The number of nitrogens with one attached hydrogen (secondary N) is 1. The van der Waals surface area contributed by atoms with Crippen LogP contribution < -0.4 is 5.32 Å². The molecule has 15 heavy (non-hydrogen) atoms. The number of rotatable bonds is 5. The predicted molar refractivity (Wildman–Crippen MR) is 55.4 cm³/mol. The summed E-state index contributed by atoms with van der Waals surface area (Å²) in [6.07, 6.45) is -5.64. The summed E-state index contributed by atoms with van der Waals surface area (Å²) in [5, 5.41) is 48.8. The minimum absolute atomic E-state index is 0.347. The molecule has 0 bridgehead atoms. The summed E-state index contributed by atoms with van der Waals surface area (Å²) in [6, 6.07) is 0. The molecule has 1 fully saturated rings. The van der Waals surface area contributed by atoms with E-state index in [0.29, 0.717) is 0 Å². The van der Waals surface area contributed by atoms with E-state index < -0.39 is 31.0 Å². The Bertz CT molecular complexity index is 190. The number of hydrogen-bond acceptors (Lipinski definition) is 7. The Balaban J connectivity index is 2.46. The van der Waals surface area contributed by atoms with Crippen LogP contribution in [-0.4, -0.2) is 74.2 Å². The van der Waals surface area contributed by atoms with Gasteiger partial charge in [0.1, 0.15) is 24.4 Å². The summed E-state index contributed by atoms with van der Waals surface area (Å²) in [6.45, 7) is 0.0773. The van der Waals surface area contributed by atoms with Crippen molar-refractivity contribution in [2.75, 3.05) is 18.9 Å². The van der Waals surface area contributed by atoms with E-state index in [4.69, 9.17) is 10.2 Å². The molecule has 5 atom stereocenters. The Morgan fingerprint density at radius 2 is 1.87 bits per heavy atom. The van der Waals surface area contributed by atoms with Crippen molar-refractivity contribution in [2.45, 2.75) is 29.8 Å². The molecule has 0 aromatic rings. The van der Waals surface area contributed by atoms with Gasteiger partial charge in [-0.3, -0.25) is 0 Å². The van der Waals surface area contributed by atoms with Gasteiger partial charge in [-0.05, 0) is 0 Å². The van der Waals surface area contributed by atoms with Gasteiger partial charge >= 0.3 is 0 Å². The molecule has 6 nitrogen and oxygen atoms in total. The lowest BCUT2D eigenvalue weighted by Crippen LogP contribution is -2.51. The Hall–Kier alpha value is 0.110. The van der Waals surface area contributed by atoms with Crippen molar-refractivity contribution in [3.63, 3.8) is 0 Å². The second kappa shape index (κ2) is 6.00. The van der Waals surface area contributed by atoms with E-state index in [-0.39, 0.29) is 5.37 Å². The van der Waals surface area contributed by atoms with Gasteiger partial charge in [-0.2, -0.15) is 0 Å². The summed E-state index contributed by atoms with van der Waals surface area (Å²) in [4.78, 5) is 0. The molecule has 7 heteroatoms. The van der Waals surface area contributed by atoms with Gasteiger partial charge in [-0.1, -0.05) is 0 Å². The Morgan fingerprint density at radius 1 is 1.20 bits per heavy atom.